The van der Waals surface area contributed by atoms with Crippen molar-refractivity contribution in [2.45, 2.75) is 24.3 Å². The van der Waals surface area contributed by atoms with Crippen LogP contribution in [0.25, 0.3) is 0 Å². The molecule has 0 fully saturated rings. The van der Waals surface area contributed by atoms with Gasteiger partial charge in [-0.15, -0.1) is 11.8 Å². The molecule has 1 heterocycles. The van der Waals surface area contributed by atoms with Crippen LogP contribution in [0.5, 0.6) is 11.5 Å². The molecule has 0 aliphatic heterocycles. The molecule has 0 radical (unpaired) electrons. The van der Waals surface area contributed by atoms with E-state index in [0.29, 0.717) is 17.9 Å². The van der Waals surface area contributed by atoms with Crippen molar-refractivity contribution in [3.63, 3.8) is 0 Å². The summed E-state index contributed by atoms with van der Waals surface area (Å²) in [6.07, 6.45) is 3.81. The third-order valence-electron chi connectivity index (χ3n) is 2.78. The molecule has 100 valence electrons. The first-order valence-corrected chi connectivity index (χ1v) is 7.42. The molecular formula is C15H17NO2S. The predicted molar refractivity (Wildman–Crippen MR) is 77.8 cm³/mol. The number of ether oxygens (including phenoxy) is 1. The lowest BCUT2D eigenvalue weighted by atomic mass is 10.2. The van der Waals surface area contributed by atoms with Crippen LogP contribution in [0.2, 0.25) is 0 Å². The van der Waals surface area contributed by atoms with Gasteiger partial charge in [0.25, 0.3) is 0 Å². The van der Waals surface area contributed by atoms with Gasteiger partial charge in [-0.3, -0.25) is 4.98 Å². The van der Waals surface area contributed by atoms with E-state index >= 15 is 0 Å². The number of para-hydroxylation sites is 1. The minimum atomic E-state index is -0.507. The lowest BCUT2D eigenvalue weighted by molar-refractivity contribution is 0.169. The zero-order chi connectivity index (χ0) is 13.7. The van der Waals surface area contributed by atoms with Gasteiger partial charge in [0.15, 0.2) is 0 Å². The van der Waals surface area contributed by atoms with Crippen LogP contribution in [-0.4, -0.2) is 16.3 Å². The van der Waals surface area contributed by atoms with Crippen molar-refractivity contribution in [1.82, 2.24) is 4.98 Å². The highest BCUT2D eigenvalue weighted by Gasteiger charge is 2.07. The monoisotopic (exact) mass is 275 g/mol. The average Bonchev–Trinajstić information content (AvgIpc) is 2.48. The Morgan fingerprint density at radius 2 is 2.05 bits per heavy atom. The molecule has 0 saturated heterocycles. The van der Waals surface area contributed by atoms with Gasteiger partial charge in [0.05, 0.1) is 18.0 Å². The van der Waals surface area contributed by atoms with Crippen molar-refractivity contribution in [2.75, 3.05) is 6.26 Å². The van der Waals surface area contributed by atoms with Gasteiger partial charge in [-0.2, -0.15) is 0 Å². The molecule has 19 heavy (non-hydrogen) atoms. The molecule has 0 spiro atoms. The summed E-state index contributed by atoms with van der Waals surface area (Å²) in [5.41, 5.74) is 0.674. The van der Waals surface area contributed by atoms with Crippen LogP contribution in [0.4, 0.5) is 0 Å². The summed E-state index contributed by atoms with van der Waals surface area (Å²) in [6.45, 7) is 1.92. The summed E-state index contributed by atoms with van der Waals surface area (Å²) < 4.78 is 5.80. The summed E-state index contributed by atoms with van der Waals surface area (Å²) in [5, 5.41) is 9.69. The van der Waals surface area contributed by atoms with E-state index in [0.717, 1.165) is 10.6 Å². The van der Waals surface area contributed by atoms with Gasteiger partial charge < -0.3 is 9.84 Å². The summed E-state index contributed by atoms with van der Waals surface area (Å²) in [5.74, 6) is 1.49. The number of benzene rings is 1. The van der Waals surface area contributed by atoms with E-state index < -0.39 is 6.10 Å². The molecule has 1 N–H and O–H groups in total. The molecule has 3 nitrogen and oxygen atoms in total. The van der Waals surface area contributed by atoms with Crippen molar-refractivity contribution in [3.8, 4) is 11.5 Å². The number of nitrogens with zero attached hydrogens (tertiary/aromatic N) is 1. The summed E-state index contributed by atoms with van der Waals surface area (Å²) in [4.78, 5) is 5.30. The largest absolute Gasteiger partial charge is 0.455 e. The first-order valence-electron chi connectivity index (χ1n) is 6.19. The van der Waals surface area contributed by atoms with Gasteiger partial charge >= 0.3 is 0 Å². The Morgan fingerprint density at radius 3 is 2.68 bits per heavy atom. The number of aliphatic hydroxyl groups excluding tert-OH is 1. The van der Waals surface area contributed by atoms with Crippen molar-refractivity contribution < 1.29 is 9.84 Å². The molecule has 2 rings (SSSR count). The second-order valence-electron chi connectivity index (χ2n) is 4.10. The first-order chi connectivity index (χ1) is 9.24. The van der Waals surface area contributed by atoms with Crippen molar-refractivity contribution in [1.29, 1.82) is 0 Å². The molecule has 0 amide bonds. The van der Waals surface area contributed by atoms with Gasteiger partial charge in [0.2, 0.25) is 0 Å². The normalized spacial score (nSPS) is 12.2. The first kappa shape index (κ1) is 13.9. The second-order valence-corrected chi connectivity index (χ2v) is 4.94. The fourth-order valence-corrected chi connectivity index (χ4v) is 2.21. The van der Waals surface area contributed by atoms with Gasteiger partial charge in [0, 0.05) is 4.90 Å². The third kappa shape index (κ3) is 3.49. The molecule has 4 heteroatoms. The highest BCUT2D eigenvalue weighted by Crippen LogP contribution is 2.31. The predicted octanol–water partition coefficient (Wildman–Crippen LogP) is 4.04. The molecule has 1 aromatic heterocycles. The number of thioether (sulfide) groups is 1. The third-order valence-corrected chi connectivity index (χ3v) is 3.56. The van der Waals surface area contributed by atoms with E-state index in [9.17, 15) is 5.11 Å². The summed E-state index contributed by atoms with van der Waals surface area (Å²) in [6, 6.07) is 11.5. The Balaban J connectivity index is 2.15. The fourth-order valence-electron chi connectivity index (χ4n) is 1.69. The number of pyridine rings is 1. The Hall–Kier alpha value is -1.52. The Bertz CT molecular complexity index is 528. The van der Waals surface area contributed by atoms with Crippen LogP contribution < -0.4 is 4.74 Å². The van der Waals surface area contributed by atoms with E-state index in [1.807, 2.05) is 43.5 Å². The van der Waals surface area contributed by atoms with Crippen LogP contribution in [0.1, 0.15) is 25.1 Å². The number of aliphatic hydroxyl groups is 1. The van der Waals surface area contributed by atoms with Crippen molar-refractivity contribution in [3.05, 3.63) is 48.3 Å². The van der Waals surface area contributed by atoms with E-state index in [-0.39, 0.29) is 0 Å². The topological polar surface area (TPSA) is 42.4 Å². The quantitative estimate of drug-likeness (QED) is 0.836. The minimum Gasteiger partial charge on any atom is -0.455 e. The SMILES string of the molecule is CC[C@@H](O)c1ccc(Oc2ccccc2SC)cn1. The van der Waals surface area contributed by atoms with Gasteiger partial charge in [-0.1, -0.05) is 19.1 Å². The maximum Gasteiger partial charge on any atom is 0.145 e. The zero-order valence-corrected chi connectivity index (χ0v) is 11.9. The van der Waals surface area contributed by atoms with Crippen LogP contribution in [0.3, 0.4) is 0 Å². The molecule has 1 aromatic carbocycles. The summed E-state index contributed by atoms with van der Waals surface area (Å²) >= 11 is 1.64. The second kappa shape index (κ2) is 6.59. The van der Waals surface area contributed by atoms with Crippen LogP contribution in [-0.2, 0) is 0 Å². The lowest BCUT2D eigenvalue weighted by Gasteiger charge is -2.11. The molecule has 2 aromatic rings. The zero-order valence-electron chi connectivity index (χ0n) is 11.0. The van der Waals surface area contributed by atoms with Crippen LogP contribution >= 0.6 is 11.8 Å². The highest BCUT2D eigenvalue weighted by molar-refractivity contribution is 7.98. The molecule has 0 aliphatic rings. The van der Waals surface area contributed by atoms with E-state index in [4.69, 9.17) is 4.74 Å². The van der Waals surface area contributed by atoms with E-state index in [1.54, 1.807) is 24.0 Å². The van der Waals surface area contributed by atoms with Crippen molar-refractivity contribution >= 4 is 11.8 Å². The van der Waals surface area contributed by atoms with E-state index in [2.05, 4.69) is 4.98 Å². The molecule has 0 aliphatic carbocycles. The molecule has 0 unspecified atom stereocenters. The number of aromatic nitrogens is 1. The Morgan fingerprint density at radius 1 is 1.26 bits per heavy atom. The van der Waals surface area contributed by atoms with Crippen molar-refractivity contribution in [2.24, 2.45) is 0 Å². The number of rotatable bonds is 5. The molecule has 0 saturated carbocycles. The number of hydrogen-bond donors (Lipinski definition) is 1. The smallest absolute Gasteiger partial charge is 0.145 e. The highest BCUT2D eigenvalue weighted by atomic mass is 32.2. The number of hydrogen-bond acceptors (Lipinski definition) is 4. The molecular weight excluding hydrogens is 258 g/mol. The van der Waals surface area contributed by atoms with Crippen LogP contribution in [0.15, 0.2) is 47.5 Å². The fraction of sp³-hybridized carbons (Fsp3) is 0.267. The molecule has 1 atom stereocenters. The summed E-state index contributed by atoms with van der Waals surface area (Å²) in [7, 11) is 0. The van der Waals surface area contributed by atoms with Crippen LogP contribution in [0, 0.1) is 0 Å². The van der Waals surface area contributed by atoms with Gasteiger partial charge in [-0.25, -0.2) is 0 Å². The maximum atomic E-state index is 9.69. The Labute approximate surface area is 117 Å². The standard InChI is InChI=1S/C15H17NO2S/c1-3-13(17)12-9-8-11(10-16-12)18-14-6-4-5-7-15(14)19-2/h4-10,13,17H,3H2,1-2H3/t13-/m1/s1. The maximum absolute atomic E-state index is 9.69. The Kier molecular flexibility index (Phi) is 4.82. The van der Waals surface area contributed by atoms with Gasteiger partial charge in [0.1, 0.15) is 11.5 Å². The average molecular weight is 275 g/mol. The van der Waals surface area contributed by atoms with Gasteiger partial charge in [-0.05, 0) is 36.9 Å². The van der Waals surface area contributed by atoms with E-state index in [1.165, 1.54) is 0 Å². The minimum absolute atomic E-state index is 0.507. The molecule has 0 bridgehead atoms. The lowest BCUT2D eigenvalue weighted by Crippen LogP contribution is -1.98.